The first-order chi connectivity index (χ1) is 20.9. The van der Waals surface area contributed by atoms with Crippen molar-refractivity contribution in [2.24, 2.45) is 17.3 Å². The first-order valence-corrected chi connectivity index (χ1v) is 16.4. The standard InChI is InChI=1S/C25H22NO.C15H28O2.Ir/c1-14(2)9-17-11-19-7-8-26-24-21-13-18-6-5-15(3)10-20(18)16(4)25(21)27-22(12-17)23(19)24;1-7-12(8-2)13(16)11(5)14(17)15(6,9-3)10-4;/h5-8,10-12,14H,9H2,1-4H3;12,16H,7-10H2,1-6H3;/q-1;;/b;13-11-;. The minimum absolute atomic E-state index is 0. The van der Waals surface area contributed by atoms with Gasteiger partial charge in [-0.25, -0.2) is 0 Å². The van der Waals surface area contributed by atoms with Crippen LogP contribution in [0.4, 0.5) is 0 Å². The largest absolute Gasteiger partial charge is 0.512 e. The number of fused-ring (bicyclic) bond motifs is 3. The van der Waals surface area contributed by atoms with Crippen LogP contribution in [-0.2, 0) is 31.3 Å². The minimum atomic E-state index is -0.329. The summed E-state index contributed by atoms with van der Waals surface area (Å²) in [6.07, 6.45) is 6.33. The Morgan fingerprint density at radius 3 is 2.29 bits per heavy atom. The van der Waals surface area contributed by atoms with E-state index in [0.29, 0.717) is 17.3 Å². The van der Waals surface area contributed by atoms with Gasteiger partial charge in [0.05, 0.1) is 5.75 Å². The Kier molecular flexibility index (Phi) is 12.2. The molecule has 1 aromatic heterocycles. The van der Waals surface area contributed by atoms with Gasteiger partial charge < -0.3 is 9.84 Å². The Balaban J connectivity index is 0.000000270. The number of rotatable bonds is 9. The van der Waals surface area contributed by atoms with Crippen LogP contribution < -0.4 is 4.74 Å². The van der Waals surface area contributed by atoms with Gasteiger partial charge in [-0.2, -0.15) is 0 Å². The van der Waals surface area contributed by atoms with Crippen LogP contribution in [0, 0.1) is 37.2 Å². The molecule has 0 aliphatic carbocycles. The normalized spacial score (nSPS) is 12.7. The third-order valence-corrected chi connectivity index (χ3v) is 9.59. The van der Waals surface area contributed by atoms with E-state index in [1.165, 1.54) is 21.9 Å². The average molecular weight is 785 g/mol. The zero-order valence-corrected chi connectivity index (χ0v) is 31.2. The van der Waals surface area contributed by atoms with Gasteiger partial charge in [0, 0.05) is 54.3 Å². The number of benzene rings is 3. The number of carbonyl (C=O) groups is 1. The summed E-state index contributed by atoms with van der Waals surface area (Å²) < 4.78 is 6.48. The van der Waals surface area contributed by atoms with E-state index in [1.807, 2.05) is 40.8 Å². The minimum Gasteiger partial charge on any atom is -0.512 e. The van der Waals surface area contributed by atoms with Crippen molar-refractivity contribution >= 4 is 27.3 Å². The van der Waals surface area contributed by atoms with Gasteiger partial charge in [0.2, 0.25) is 0 Å². The molecular weight excluding hydrogens is 735 g/mol. The number of pyridine rings is 1. The smallest absolute Gasteiger partial charge is 0.167 e. The quantitative estimate of drug-likeness (QED) is 0.0919. The van der Waals surface area contributed by atoms with E-state index in [1.54, 1.807) is 6.92 Å². The summed E-state index contributed by atoms with van der Waals surface area (Å²) in [6, 6.07) is 16.6. The Labute approximate surface area is 284 Å². The van der Waals surface area contributed by atoms with Crippen molar-refractivity contribution in [3.8, 4) is 22.8 Å². The second-order valence-corrected chi connectivity index (χ2v) is 13.2. The Morgan fingerprint density at radius 1 is 1.02 bits per heavy atom. The van der Waals surface area contributed by atoms with Crippen molar-refractivity contribution in [2.75, 3.05) is 0 Å². The van der Waals surface area contributed by atoms with Gasteiger partial charge in [-0.15, -0.1) is 17.5 Å². The van der Waals surface area contributed by atoms with Crippen LogP contribution >= 0.6 is 0 Å². The number of allylic oxidation sites excluding steroid dienone is 2. The van der Waals surface area contributed by atoms with E-state index in [9.17, 15) is 9.90 Å². The number of aliphatic hydroxyl groups is 1. The van der Waals surface area contributed by atoms with Crippen molar-refractivity contribution in [2.45, 2.75) is 101 Å². The number of ketones is 1. The second kappa shape index (κ2) is 15.1. The van der Waals surface area contributed by atoms with E-state index >= 15 is 0 Å². The zero-order valence-electron chi connectivity index (χ0n) is 28.8. The van der Waals surface area contributed by atoms with Crippen LogP contribution in [-0.4, -0.2) is 15.9 Å². The van der Waals surface area contributed by atoms with E-state index in [4.69, 9.17) is 9.72 Å². The molecule has 1 aliphatic heterocycles. The third kappa shape index (κ3) is 7.36. The molecule has 45 heavy (non-hydrogen) atoms. The van der Waals surface area contributed by atoms with Crippen molar-refractivity contribution in [3.63, 3.8) is 0 Å². The number of carbonyl (C=O) groups excluding carboxylic acids is 1. The maximum Gasteiger partial charge on any atom is 0.167 e. The topological polar surface area (TPSA) is 59.4 Å². The van der Waals surface area contributed by atoms with Crippen LogP contribution in [0.1, 0.15) is 97.8 Å². The molecule has 0 bridgehead atoms. The molecule has 1 aliphatic rings. The van der Waals surface area contributed by atoms with Gasteiger partial charge in [-0.05, 0) is 81.9 Å². The second-order valence-electron chi connectivity index (χ2n) is 13.2. The number of nitrogens with zero attached hydrogens (tertiary/aromatic N) is 1. The molecule has 4 nitrogen and oxygen atoms in total. The maximum absolute atomic E-state index is 12.4. The molecule has 0 amide bonds. The maximum atomic E-state index is 12.4. The summed E-state index contributed by atoms with van der Waals surface area (Å²) in [5, 5.41) is 14.8. The molecule has 0 saturated carbocycles. The van der Waals surface area contributed by atoms with Crippen molar-refractivity contribution in [3.05, 3.63) is 76.7 Å². The molecule has 4 aromatic rings. The monoisotopic (exact) mass is 785 g/mol. The number of Topliss-reactive ketones (excluding diaryl/α,β-unsaturated/α-hetero) is 1. The Hall–Kier alpha value is -3.01. The van der Waals surface area contributed by atoms with Crippen molar-refractivity contribution in [1.82, 2.24) is 4.98 Å². The molecule has 243 valence electrons. The summed E-state index contributed by atoms with van der Waals surface area (Å²) in [6.45, 7) is 20.6. The number of aliphatic hydroxyl groups excluding tert-OH is 1. The van der Waals surface area contributed by atoms with Gasteiger partial charge in [0.1, 0.15) is 11.5 Å². The number of hydrogen-bond acceptors (Lipinski definition) is 4. The molecule has 0 atom stereocenters. The van der Waals surface area contributed by atoms with Gasteiger partial charge in [-0.1, -0.05) is 88.7 Å². The van der Waals surface area contributed by atoms with Gasteiger partial charge >= 0.3 is 0 Å². The zero-order chi connectivity index (χ0) is 32.3. The molecule has 3 aromatic carbocycles. The van der Waals surface area contributed by atoms with Crippen molar-refractivity contribution < 1.29 is 34.7 Å². The van der Waals surface area contributed by atoms with E-state index in [0.717, 1.165) is 71.2 Å². The average Bonchev–Trinajstić information content (AvgIpc) is 3.01. The molecule has 1 radical (unpaired) electrons. The Morgan fingerprint density at radius 2 is 1.69 bits per heavy atom. The van der Waals surface area contributed by atoms with Gasteiger partial charge in [0.25, 0.3) is 0 Å². The molecule has 1 N–H and O–H groups in total. The first kappa shape index (κ1) is 36.5. The Bertz CT molecular complexity index is 1710. The summed E-state index contributed by atoms with van der Waals surface area (Å²) in [5.74, 6) is 2.94. The summed E-state index contributed by atoms with van der Waals surface area (Å²) in [7, 11) is 0. The van der Waals surface area contributed by atoms with Crippen LogP contribution in [0.5, 0.6) is 11.5 Å². The first-order valence-electron chi connectivity index (χ1n) is 16.4. The molecule has 2 heterocycles. The molecule has 0 fully saturated rings. The summed E-state index contributed by atoms with van der Waals surface area (Å²) >= 11 is 0. The molecule has 5 rings (SSSR count). The number of hydrogen-bond donors (Lipinski definition) is 1. The van der Waals surface area contributed by atoms with E-state index < -0.39 is 0 Å². The van der Waals surface area contributed by atoms with E-state index in [2.05, 4.69) is 70.2 Å². The van der Waals surface area contributed by atoms with E-state index in [-0.39, 0.29) is 37.2 Å². The molecule has 0 unspecified atom stereocenters. The summed E-state index contributed by atoms with van der Waals surface area (Å²) in [5.41, 5.74) is 5.89. The molecular formula is C40H50IrNO3-. The van der Waals surface area contributed by atoms with Crippen molar-refractivity contribution in [1.29, 1.82) is 0 Å². The van der Waals surface area contributed by atoms with Crippen LogP contribution in [0.2, 0.25) is 0 Å². The fourth-order valence-corrected chi connectivity index (χ4v) is 6.30. The molecule has 0 spiro atoms. The van der Waals surface area contributed by atoms with Crippen LogP contribution in [0.15, 0.2) is 53.9 Å². The number of aromatic nitrogens is 1. The molecule has 5 heteroatoms. The predicted molar refractivity (Wildman–Crippen MR) is 185 cm³/mol. The fourth-order valence-electron chi connectivity index (χ4n) is 6.30. The van der Waals surface area contributed by atoms with Gasteiger partial charge in [-0.3, -0.25) is 9.78 Å². The van der Waals surface area contributed by atoms with Gasteiger partial charge in [0.15, 0.2) is 5.78 Å². The SMILES string of the molecule is CCC(CC)/C(O)=C(\C)C(=O)C(C)(CC)CC.Cc1ccc2[c-]c3c(c(C)c2c1)Oc1cc(CC(C)C)cc2ccnc-3c12.[Ir]. The third-order valence-electron chi connectivity index (χ3n) is 9.59. The number of aryl methyl sites for hydroxylation is 2. The van der Waals surface area contributed by atoms with Crippen LogP contribution in [0.25, 0.3) is 32.8 Å². The number of ether oxygens (including phenoxy) is 1. The fraction of sp³-hybridized carbons (Fsp3) is 0.450. The van der Waals surface area contributed by atoms with Crippen LogP contribution in [0.3, 0.4) is 0 Å². The molecule has 0 saturated heterocycles. The predicted octanol–water partition coefficient (Wildman–Crippen LogP) is 11.4. The summed E-state index contributed by atoms with van der Waals surface area (Å²) in [4.78, 5) is 17.1.